The van der Waals surface area contributed by atoms with Crippen molar-refractivity contribution < 1.29 is 4.79 Å². The van der Waals surface area contributed by atoms with Gasteiger partial charge in [-0.3, -0.25) is 4.79 Å². The predicted molar refractivity (Wildman–Crippen MR) is 78.8 cm³/mol. The maximum Gasteiger partial charge on any atom is 0.254 e. The van der Waals surface area contributed by atoms with Gasteiger partial charge >= 0.3 is 0 Å². The van der Waals surface area contributed by atoms with E-state index in [-0.39, 0.29) is 5.91 Å². The van der Waals surface area contributed by atoms with E-state index in [2.05, 4.69) is 13.8 Å². The highest BCUT2D eigenvalue weighted by atomic mass is 16.2. The Balaban J connectivity index is 2.17. The average Bonchev–Trinajstić information content (AvgIpc) is 2.82. The molecule has 1 fully saturated rings. The minimum Gasteiger partial charge on any atom is -0.399 e. The Hall–Kier alpha value is -1.71. The third-order valence-electron chi connectivity index (χ3n) is 4.45. The van der Waals surface area contributed by atoms with Crippen molar-refractivity contribution in [1.29, 1.82) is 0 Å². The second kappa shape index (κ2) is 5.11. The quantitative estimate of drug-likeness (QED) is 0.821. The Kier molecular flexibility index (Phi) is 3.69. The Bertz CT molecular complexity index is 460. The van der Waals surface area contributed by atoms with Crippen LogP contribution in [0.25, 0.3) is 0 Å². The average molecular weight is 261 g/mol. The SMILES string of the molecule is CCC1(CC)CCN(C(=O)c2cc(N)cc(N)c2)C1. The lowest BCUT2D eigenvalue weighted by atomic mass is 9.82. The number of likely N-dealkylation sites (tertiary alicyclic amines) is 1. The van der Waals surface area contributed by atoms with Gasteiger partial charge in [0.15, 0.2) is 0 Å². The van der Waals surface area contributed by atoms with E-state index >= 15 is 0 Å². The molecule has 0 atom stereocenters. The summed E-state index contributed by atoms with van der Waals surface area (Å²) in [7, 11) is 0. The van der Waals surface area contributed by atoms with Gasteiger partial charge in [-0.1, -0.05) is 13.8 Å². The van der Waals surface area contributed by atoms with Crippen molar-refractivity contribution in [3.63, 3.8) is 0 Å². The fourth-order valence-corrected chi connectivity index (χ4v) is 2.92. The lowest BCUT2D eigenvalue weighted by molar-refractivity contribution is 0.0770. The lowest BCUT2D eigenvalue weighted by Gasteiger charge is -2.26. The summed E-state index contributed by atoms with van der Waals surface area (Å²) in [6, 6.07) is 5.08. The third kappa shape index (κ3) is 2.67. The molecule has 1 aromatic carbocycles. The molecular weight excluding hydrogens is 238 g/mol. The first-order valence-corrected chi connectivity index (χ1v) is 6.95. The smallest absolute Gasteiger partial charge is 0.254 e. The van der Waals surface area contributed by atoms with Crippen molar-refractivity contribution in [1.82, 2.24) is 4.90 Å². The third-order valence-corrected chi connectivity index (χ3v) is 4.45. The summed E-state index contributed by atoms with van der Waals surface area (Å²) < 4.78 is 0. The van der Waals surface area contributed by atoms with Crippen LogP contribution in [-0.2, 0) is 0 Å². The van der Waals surface area contributed by atoms with Crippen molar-refractivity contribution in [3.8, 4) is 0 Å². The first-order valence-electron chi connectivity index (χ1n) is 6.95. The zero-order valence-electron chi connectivity index (χ0n) is 11.8. The number of rotatable bonds is 3. The Morgan fingerprint density at radius 2 is 1.79 bits per heavy atom. The summed E-state index contributed by atoms with van der Waals surface area (Å²) in [6.45, 7) is 6.08. The van der Waals surface area contributed by atoms with Crippen LogP contribution in [0.2, 0.25) is 0 Å². The molecule has 1 saturated heterocycles. The second-order valence-electron chi connectivity index (χ2n) is 5.57. The molecule has 1 aromatic rings. The summed E-state index contributed by atoms with van der Waals surface area (Å²) in [5.41, 5.74) is 13.5. The summed E-state index contributed by atoms with van der Waals surface area (Å²) in [6.07, 6.45) is 3.32. The summed E-state index contributed by atoms with van der Waals surface area (Å²) in [5.74, 6) is 0.0442. The van der Waals surface area contributed by atoms with Gasteiger partial charge in [0.1, 0.15) is 0 Å². The number of nitrogen functional groups attached to an aromatic ring is 2. The van der Waals surface area contributed by atoms with Crippen LogP contribution in [0.15, 0.2) is 18.2 Å². The van der Waals surface area contributed by atoms with Crippen molar-refractivity contribution in [3.05, 3.63) is 23.8 Å². The van der Waals surface area contributed by atoms with Crippen LogP contribution >= 0.6 is 0 Å². The van der Waals surface area contributed by atoms with Crippen molar-refractivity contribution >= 4 is 17.3 Å². The second-order valence-corrected chi connectivity index (χ2v) is 5.57. The fraction of sp³-hybridized carbons (Fsp3) is 0.533. The molecular formula is C15H23N3O. The van der Waals surface area contributed by atoms with Crippen molar-refractivity contribution in [2.75, 3.05) is 24.6 Å². The number of amides is 1. The van der Waals surface area contributed by atoms with Gasteiger partial charge in [0, 0.05) is 30.0 Å². The van der Waals surface area contributed by atoms with Gasteiger partial charge in [-0.05, 0) is 42.9 Å². The number of nitrogens with zero attached hydrogens (tertiary/aromatic N) is 1. The van der Waals surface area contributed by atoms with Gasteiger partial charge < -0.3 is 16.4 Å². The van der Waals surface area contributed by atoms with Crippen LogP contribution in [0.3, 0.4) is 0 Å². The maximum absolute atomic E-state index is 12.5. The van der Waals surface area contributed by atoms with Gasteiger partial charge in [0.2, 0.25) is 0 Å². The highest BCUT2D eigenvalue weighted by Crippen LogP contribution is 2.37. The zero-order chi connectivity index (χ0) is 14.0. The van der Waals surface area contributed by atoms with Crippen LogP contribution in [0.4, 0.5) is 11.4 Å². The molecule has 0 aromatic heterocycles. The van der Waals surface area contributed by atoms with E-state index < -0.39 is 0 Å². The van der Waals surface area contributed by atoms with E-state index in [1.807, 2.05) is 4.90 Å². The molecule has 4 nitrogen and oxygen atoms in total. The molecule has 1 amide bonds. The molecule has 0 aliphatic carbocycles. The molecule has 4 heteroatoms. The highest BCUT2D eigenvalue weighted by molar-refractivity contribution is 5.96. The Morgan fingerprint density at radius 1 is 1.21 bits per heavy atom. The summed E-state index contributed by atoms with van der Waals surface area (Å²) in [5, 5.41) is 0. The lowest BCUT2D eigenvalue weighted by Crippen LogP contribution is -2.31. The number of benzene rings is 1. The molecule has 0 unspecified atom stereocenters. The largest absolute Gasteiger partial charge is 0.399 e. The molecule has 0 saturated carbocycles. The number of nitrogens with two attached hydrogens (primary N) is 2. The minimum absolute atomic E-state index is 0.0442. The number of carbonyl (C=O) groups is 1. The topological polar surface area (TPSA) is 72.3 Å². The fourth-order valence-electron chi connectivity index (χ4n) is 2.92. The Labute approximate surface area is 114 Å². The van der Waals surface area contributed by atoms with Gasteiger partial charge in [0.25, 0.3) is 5.91 Å². The molecule has 104 valence electrons. The van der Waals surface area contributed by atoms with E-state index in [0.717, 1.165) is 32.4 Å². The highest BCUT2D eigenvalue weighted by Gasteiger charge is 2.37. The van der Waals surface area contributed by atoms with E-state index in [9.17, 15) is 4.79 Å². The molecule has 19 heavy (non-hydrogen) atoms. The van der Waals surface area contributed by atoms with Crippen LogP contribution in [0.5, 0.6) is 0 Å². The van der Waals surface area contributed by atoms with Gasteiger partial charge in [-0.25, -0.2) is 0 Å². The Morgan fingerprint density at radius 3 is 2.26 bits per heavy atom. The van der Waals surface area contributed by atoms with Crippen LogP contribution in [-0.4, -0.2) is 23.9 Å². The molecule has 1 aliphatic heterocycles. The molecule has 0 bridgehead atoms. The van der Waals surface area contributed by atoms with Gasteiger partial charge in [-0.15, -0.1) is 0 Å². The van der Waals surface area contributed by atoms with Crippen molar-refractivity contribution in [2.45, 2.75) is 33.1 Å². The number of hydrogen-bond donors (Lipinski definition) is 2. The number of carbonyl (C=O) groups excluding carboxylic acids is 1. The molecule has 1 heterocycles. The van der Waals surface area contributed by atoms with E-state index in [1.165, 1.54) is 0 Å². The van der Waals surface area contributed by atoms with E-state index in [0.29, 0.717) is 22.4 Å². The minimum atomic E-state index is 0.0442. The first-order chi connectivity index (χ1) is 8.99. The zero-order valence-corrected chi connectivity index (χ0v) is 11.8. The summed E-state index contributed by atoms with van der Waals surface area (Å²) in [4.78, 5) is 14.4. The molecule has 0 spiro atoms. The van der Waals surface area contributed by atoms with Crippen molar-refractivity contribution in [2.24, 2.45) is 5.41 Å². The monoisotopic (exact) mass is 261 g/mol. The van der Waals surface area contributed by atoms with Crippen LogP contribution in [0, 0.1) is 5.41 Å². The first kappa shape index (κ1) is 13.7. The number of anilines is 2. The van der Waals surface area contributed by atoms with Crippen LogP contribution < -0.4 is 11.5 Å². The summed E-state index contributed by atoms with van der Waals surface area (Å²) >= 11 is 0. The molecule has 0 radical (unpaired) electrons. The van der Waals surface area contributed by atoms with Gasteiger partial charge in [0.05, 0.1) is 0 Å². The normalized spacial score (nSPS) is 17.7. The standard InChI is InChI=1S/C15H23N3O/c1-3-15(4-2)5-6-18(10-15)14(19)11-7-12(16)9-13(17)8-11/h7-9H,3-6,10,16-17H2,1-2H3. The molecule has 4 N–H and O–H groups in total. The molecule has 2 rings (SSSR count). The van der Waals surface area contributed by atoms with E-state index in [1.54, 1.807) is 18.2 Å². The maximum atomic E-state index is 12.5. The predicted octanol–water partition coefficient (Wildman–Crippen LogP) is 2.50. The molecule has 1 aliphatic rings. The van der Waals surface area contributed by atoms with Gasteiger partial charge in [-0.2, -0.15) is 0 Å². The number of hydrogen-bond acceptors (Lipinski definition) is 3. The van der Waals surface area contributed by atoms with E-state index in [4.69, 9.17) is 11.5 Å². The van der Waals surface area contributed by atoms with Crippen LogP contribution in [0.1, 0.15) is 43.5 Å².